The lowest BCUT2D eigenvalue weighted by molar-refractivity contribution is -0.00684. The zero-order valence-electron chi connectivity index (χ0n) is 18.1. The number of ether oxygens (including phenoxy) is 1. The topological polar surface area (TPSA) is 52.1 Å². The van der Waals surface area contributed by atoms with Gasteiger partial charge in [-0.15, -0.1) is 24.0 Å². The number of hydrogen-bond donors (Lipinski definition) is 2. The van der Waals surface area contributed by atoms with Crippen molar-refractivity contribution in [3.63, 3.8) is 0 Å². The van der Waals surface area contributed by atoms with Crippen molar-refractivity contribution in [1.29, 1.82) is 0 Å². The number of nitrogens with zero attached hydrogens (tertiary/aromatic N) is 3. The van der Waals surface area contributed by atoms with Crippen molar-refractivity contribution in [3.8, 4) is 0 Å². The van der Waals surface area contributed by atoms with Crippen molar-refractivity contribution < 1.29 is 4.74 Å². The van der Waals surface area contributed by atoms with Crippen LogP contribution in [0.15, 0.2) is 4.99 Å². The summed E-state index contributed by atoms with van der Waals surface area (Å²) in [6, 6.07) is 0.633. The summed E-state index contributed by atoms with van der Waals surface area (Å²) < 4.78 is 5.49. The monoisotopic (exact) mass is 495 g/mol. The van der Waals surface area contributed by atoms with Gasteiger partial charge in [0.2, 0.25) is 0 Å². The van der Waals surface area contributed by atoms with Crippen LogP contribution in [0.2, 0.25) is 0 Å². The summed E-state index contributed by atoms with van der Waals surface area (Å²) in [5, 5.41) is 7.01. The highest BCUT2D eigenvalue weighted by molar-refractivity contribution is 14.0. The fourth-order valence-corrected chi connectivity index (χ4v) is 3.93. The van der Waals surface area contributed by atoms with E-state index < -0.39 is 0 Å². The van der Waals surface area contributed by atoms with Crippen LogP contribution in [0.4, 0.5) is 0 Å². The third-order valence-electron chi connectivity index (χ3n) is 5.44. The van der Waals surface area contributed by atoms with Crippen LogP contribution < -0.4 is 10.6 Å². The first kappa shape index (κ1) is 24.9. The molecule has 1 atom stereocenters. The van der Waals surface area contributed by atoms with Crippen LogP contribution in [-0.2, 0) is 4.74 Å². The maximum Gasteiger partial charge on any atom is 0.191 e. The van der Waals surface area contributed by atoms with Crippen molar-refractivity contribution in [2.75, 3.05) is 59.0 Å². The molecule has 2 aliphatic heterocycles. The summed E-state index contributed by atoms with van der Waals surface area (Å²) in [4.78, 5) is 10.0. The Bertz CT molecular complexity index is 438. The molecule has 0 saturated carbocycles. The number of nitrogens with one attached hydrogen (secondary N) is 2. The predicted molar refractivity (Wildman–Crippen MR) is 125 cm³/mol. The molecule has 0 aliphatic carbocycles. The van der Waals surface area contributed by atoms with Gasteiger partial charge >= 0.3 is 0 Å². The molecule has 2 heterocycles. The third-order valence-corrected chi connectivity index (χ3v) is 5.44. The maximum absolute atomic E-state index is 5.49. The minimum Gasteiger partial charge on any atom is -0.379 e. The number of aliphatic imine (C=N–C) groups is 1. The molecule has 0 amide bonds. The van der Waals surface area contributed by atoms with Crippen molar-refractivity contribution in [3.05, 3.63) is 0 Å². The molecule has 2 saturated heterocycles. The second-order valence-electron chi connectivity index (χ2n) is 8.67. The Morgan fingerprint density at radius 2 is 1.89 bits per heavy atom. The van der Waals surface area contributed by atoms with Crippen LogP contribution in [0.25, 0.3) is 0 Å². The van der Waals surface area contributed by atoms with E-state index in [0.717, 1.165) is 57.8 Å². The van der Waals surface area contributed by atoms with E-state index in [9.17, 15) is 0 Å². The second kappa shape index (κ2) is 12.4. The van der Waals surface area contributed by atoms with E-state index in [1.54, 1.807) is 0 Å². The van der Waals surface area contributed by atoms with Crippen molar-refractivity contribution >= 4 is 29.9 Å². The van der Waals surface area contributed by atoms with Crippen LogP contribution in [0.1, 0.15) is 47.5 Å². The molecule has 2 rings (SSSR count). The van der Waals surface area contributed by atoms with Crippen LogP contribution in [-0.4, -0.2) is 86.4 Å². The summed E-state index contributed by atoms with van der Waals surface area (Å²) in [6.07, 6.45) is 2.61. The van der Waals surface area contributed by atoms with Gasteiger partial charge in [0.15, 0.2) is 5.96 Å². The lowest BCUT2D eigenvalue weighted by Gasteiger charge is -2.40. The van der Waals surface area contributed by atoms with Crippen LogP contribution in [0.3, 0.4) is 0 Å². The van der Waals surface area contributed by atoms with Crippen molar-refractivity contribution in [2.24, 2.45) is 10.9 Å². The van der Waals surface area contributed by atoms with Gasteiger partial charge in [0.25, 0.3) is 0 Å². The van der Waals surface area contributed by atoms with Gasteiger partial charge in [-0.1, -0.05) is 13.8 Å². The highest BCUT2D eigenvalue weighted by Gasteiger charge is 2.28. The van der Waals surface area contributed by atoms with E-state index in [4.69, 9.17) is 9.73 Å². The van der Waals surface area contributed by atoms with Gasteiger partial charge in [-0.05, 0) is 46.1 Å². The molecular weight excluding hydrogens is 453 g/mol. The molecular formula is C20H42IN5O. The van der Waals surface area contributed by atoms with Crippen LogP contribution >= 0.6 is 24.0 Å². The molecule has 6 nitrogen and oxygen atoms in total. The standard InChI is InChI=1S/C20H41N5O.HI/c1-6-21-19(22-14-18-8-7-9-24(18)15-17(2)3)23-16-20(4,5)25-10-12-26-13-11-25;/h17-18H,6-16H2,1-5H3,(H2,21,22,23);1H/t18-;/m1./s1. The molecule has 0 radical (unpaired) electrons. The summed E-state index contributed by atoms with van der Waals surface area (Å²) in [7, 11) is 0. The first-order chi connectivity index (χ1) is 12.4. The zero-order valence-corrected chi connectivity index (χ0v) is 20.4. The predicted octanol–water partition coefficient (Wildman–Crippen LogP) is 2.39. The Labute approximate surface area is 183 Å². The average molecular weight is 495 g/mol. The smallest absolute Gasteiger partial charge is 0.191 e. The lowest BCUT2D eigenvalue weighted by Crippen LogP contribution is -2.52. The van der Waals surface area contributed by atoms with Gasteiger partial charge in [-0.3, -0.25) is 14.8 Å². The zero-order chi connectivity index (χ0) is 19.0. The molecule has 0 spiro atoms. The SMILES string of the molecule is CCNC(=NCC(C)(C)N1CCOCC1)NC[C@H]1CCCN1CC(C)C.I. The minimum atomic E-state index is 0. The largest absolute Gasteiger partial charge is 0.379 e. The highest BCUT2D eigenvalue weighted by Crippen LogP contribution is 2.18. The number of guanidine groups is 1. The van der Waals surface area contributed by atoms with Crippen LogP contribution in [0.5, 0.6) is 0 Å². The number of halogens is 1. The normalized spacial score (nSPS) is 22.7. The molecule has 160 valence electrons. The fraction of sp³-hybridized carbons (Fsp3) is 0.950. The second-order valence-corrected chi connectivity index (χ2v) is 8.67. The van der Waals surface area contributed by atoms with Crippen LogP contribution in [0, 0.1) is 5.92 Å². The number of rotatable bonds is 8. The molecule has 0 bridgehead atoms. The molecule has 0 aromatic carbocycles. The summed E-state index contributed by atoms with van der Waals surface area (Å²) in [6.45, 7) is 20.1. The number of morpholine rings is 1. The van der Waals surface area contributed by atoms with Gasteiger partial charge in [-0.2, -0.15) is 0 Å². The molecule has 7 heteroatoms. The van der Waals surface area contributed by atoms with Gasteiger partial charge < -0.3 is 15.4 Å². The summed E-state index contributed by atoms with van der Waals surface area (Å²) in [5.74, 6) is 1.68. The minimum absolute atomic E-state index is 0. The first-order valence-electron chi connectivity index (χ1n) is 10.5. The Hall–Kier alpha value is -0.120. The lowest BCUT2D eigenvalue weighted by atomic mass is 10.0. The van der Waals surface area contributed by atoms with E-state index in [-0.39, 0.29) is 29.5 Å². The number of likely N-dealkylation sites (tertiary alicyclic amines) is 1. The van der Waals surface area contributed by atoms with Gasteiger partial charge in [-0.25, -0.2) is 0 Å². The van der Waals surface area contributed by atoms with Crippen molar-refractivity contribution in [1.82, 2.24) is 20.4 Å². The summed E-state index contributed by atoms with van der Waals surface area (Å²) >= 11 is 0. The Kier molecular flexibility index (Phi) is 11.5. The Balaban J connectivity index is 0.00000364. The highest BCUT2D eigenvalue weighted by atomic mass is 127. The molecule has 0 aromatic heterocycles. The Morgan fingerprint density at radius 3 is 2.52 bits per heavy atom. The van der Waals surface area contributed by atoms with E-state index >= 15 is 0 Å². The van der Waals surface area contributed by atoms with E-state index in [0.29, 0.717) is 6.04 Å². The first-order valence-corrected chi connectivity index (χ1v) is 10.5. The van der Waals surface area contributed by atoms with Crippen molar-refractivity contribution in [2.45, 2.75) is 59.0 Å². The van der Waals surface area contributed by atoms with E-state index in [1.807, 2.05) is 0 Å². The maximum atomic E-state index is 5.49. The van der Waals surface area contributed by atoms with E-state index in [1.165, 1.54) is 25.9 Å². The molecule has 27 heavy (non-hydrogen) atoms. The Morgan fingerprint density at radius 1 is 1.19 bits per heavy atom. The van der Waals surface area contributed by atoms with Gasteiger partial charge in [0.1, 0.15) is 0 Å². The molecule has 0 aromatic rings. The quantitative estimate of drug-likeness (QED) is 0.308. The molecule has 2 fully saturated rings. The summed E-state index contributed by atoms with van der Waals surface area (Å²) in [5.41, 5.74) is 0.0587. The molecule has 2 aliphatic rings. The average Bonchev–Trinajstić information content (AvgIpc) is 3.04. The third kappa shape index (κ3) is 8.41. The number of hydrogen-bond acceptors (Lipinski definition) is 4. The fourth-order valence-electron chi connectivity index (χ4n) is 3.93. The van der Waals surface area contributed by atoms with Gasteiger partial charge in [0, 0.05) is 44.3 Å². The van der Waals surface area contributed by atoms with E-state index in [2.05, 4.69) is 55.1 Å². The molecule has 2 N–H and O–H groups in total. The van der Waals surface area contributed by atoms with Gasteiger partial charge in [0.05, 0.1) is 19.8 Å². The molecule has 0 unspecified atom stereocenters.